The van der Waals surface area contributed by atoms with Gasteiger partial charge in [0.15, 0.2) is 0 Å². The highest BCUT2D eigenvalue weighted by atomic mass is 16.3. The molecule has 0 saturated carbocycles. The molecule has 1 atom stereocenters. The van der Waals surface area contributed by atoms with Crippen molar-refractivity contribution in [1.82, 2.24) is 10.3 Å². The molecule has 19 heavy (non-hydrogen) atoms. The van der Waals surface area contributed by atoms with Crippen molar-refractivity contribution >= 4 is 5.82 Å². The normalized spacial score (nSPS) is 19.7. The number of aromatic nitrogens is 1. The van der Waals surface area contributed by atoms with Crippen molar-refractivity contribution in [3.8, 4) is 0 Å². The first kappa shape index (κ1) is 14.3. The minimum absolute atomic E-state index is 0.222. The minimum atomic E-state index is 0.222. The van der Waals surface area contributed by atoms with E-state index in [0.717, 1.165) is 31.9 Å². The molecule has 0 spiro atoms. The Bertz CT molecular complexity index is 408. The second kappa shape index (κ2) is 6.87. The van der Waals surface area contributed by atoms with Gasteiger partial charge in [0.05, 0.1) is 12.6 Å². The highest BCUT2D eigenvalue weighted by Crippen LogP contribution is 2.26. The van der Waals surface area contributed by atoms with Crippen LogP contribution in [0, 0.1) is 6.92 Å². The maximum atomic E-state index is 9.50. The van der Waals surface area contributed by atoms with E-state index in [4.69, 9.17) is 0 Å². The maximum Gasteiger partial charge on any atom is 0.131 e. The lowest BCUT2D eigenvalue weighted by Gasteiger charge is -2.36. The number of hydrogen-bond acceptors (Lipinski definition) is 4. The first-order valence-electron chi connectivity index (χ1n) is 7.30. The molecular weight excluding hydrogens is 238 g/mol. The summed E-state index contributed by atoms with van der Waals surface area (Å²) in [4.78, 5) is 6.90. The second-order valence-corrected chi connectivity index (χ2v) is 5.29. The zero-order valence-electron chi connectivity index (χ0n) is 12.0. The van der Waals surface area contributed by atoms with Crippen LogP contribution in [0.25, 0.3) is 0 Å². The van der Waals surface area contributed by atoms with Crippen molar-refractivity contribution in [2.45, 2.75) is 45.7 Å². The number of aryl methyl sites for hydroxylation is 1. The molecule has 2 N–H and O–H groups in total. The van der Waals surface area contributed by atoms with Crippen LogP contribution in [0.1, 0.15) is 37.3 Å². The van der Waals surface area contributed by atoms with Gasteiger partial charge in [-0.2, -0.15) is 0 Å². The summed E-state index contributed by atoms with van der Waals surface area (Å²) in [5, 5.41) is 12.8. The van der Waals surface area contributed by atoms with Gasteiger partial charge in [-0.05, 0) is 49.9 Å². The zero-order chi connectivity index (χ0) is 13.7. The van der Waals surface area contributed by atoms with Crippen LogP contribution in [0.5, 0.6) is 0 Å². The molecule has 0 amide bonds. The number of piperidine rings is 1. The van der Waals surface area contributed by atoms with Crippen molar-refractivity contribution in [2.24, 2.45) is 0 Å². The standard InChI is InChI=1S/C15H25N3O/c1-3-16-9-13-8-12(2)15(17-10-13)18-7-5-4-6-14(18)11-19/h8,10,14,16,19H,3-7,9,11H2,1-2H3. The Morgan fingerprint density at radius 2 is 2.32 bits per heavy atom. The molecule has 2 rings (SSSR count). The number of aliphatic hydroxyl groups excluding tert-OH is 1. The molecule has 1 aromatic rings. The molecule has 1 aromatic heterocycles. The molecule has 1 aliphatic rings. The highest BCUT2D eigenvalue weighted by molar-refractivity contribution is 5.48. The van der Waals surface area contributed by atoms with Gasteiger partial charge in [-0.1, -0.05) is 6.92 Å². The van der Waals surface area contributed by atoms with Crippen LogP contribution in [0.2, 0.25) is 0 Å². The maximum absolute atomic E-state index is 9.50. The molecular formula is C15H25N3O. The average Bonchev–Trinajstić information content (AvgIpc) is 2.45. The first-order chi connectivity index (χ1) is 9.26. The summed E-state index contributed by atoms with van der Waals surface area (Å²) >= 11 is 0. The fraction of sp³-hybridized carbons (Fsp3) is 0.667. The van der Waals surface area contributed by atoms with E-state index < -0.39 is 0 Å². The number of hydrogen-bond donors (Lipinski definition) is 2. The van der Waals surface area contributed by atoms with Gasteiger partial charge in [-0.3, -0.25) is 0 Å². The number of nitrogens with zero attached hydrogens (tertiary/aromatic N) is 2. The monoisotopic (exact) mass is 263 g/mol. The van der Waals surface area contributed by atoms with Gasteiger partial charge in [0.2, 0.25) is 0 Å². The topological polar surface area (TPSA) is 48.4 Å². The molecule has 1 fully saturated rings. The first-order valence-corrected chi connectivity index (χ1v) is 7.30. The number of nitrogens with one attached hydrogen (secondary N) is 1. The van der Waals surface area contributed by atoms with E-state index in [2.05, 4.69) is 35.1 Å². The lowest BCUT2D eigenvalue weighted by Crippen LogP contribution is -2.42. The van der Waals surface area contributed by atoms with Gasteiger partial charge in [-0.25, -0.2) is 4.98 Å². The Labute approximate surface area is 115 Å². The SMILES string of the molecule is CCNCc1cnc(N2CCCCC2CO)c(C)c1. The summed E-state index contributed by atoms with van der Waals surface area (Å²) in [6, 6.07) is 2.44. The molecule has 1 aliphatic heterocycles. The van der Waals surface area contributed by atoms with E-state index >= 15 is 0 Å². The van der Waals surface area contributed by atoms with Gasteiger partial charge in [0.1, 0.15) is 5.82 Å². The highest BCUT2D eigenvalue weighted by Gasteiger charge is 2.23. The number of anilines is 1. The largest absolute Gasteiger partial charge is 0.394 e. The van der Waals surface area contributed by atoms with Gasteiger partial charge < -0.3 is 15.3 Å². The van der Waals surface area contributed by atoms with E-state index in [0.29, 0.717) is 0 Å². The summed E-state index contributed by atoms with van der Waals surface area (Å²) in [5.41, 5.74) is 2.43. The predicted octanol–water partition coefficient (Wildman–Crippen LogP) is 1.85. The predicted molar refractivity (Wildman–Crippen MR) is 78.4 cm³/mol. The molecule has 0 radical (unpaired) electrons. The quantitative estimate of drug-likeness (QED) is 0.851. The molecule has 2 heterocycles. The van der Waals surface area contributed by atoms with E-state index in [1.165, 1.54) is 24.0 Å². The molecule has 1 saturated heterocycles. The smallest absolute Gasteiger partial charge is 0.131 e. The fourth-order valence-electron chi connectivity index (χ4n) is 2.76. The Kier molecular flexibility index (Phi) is 5.16. The lowest BCUT2D eigenvalue weighted by molar-refractivity contribution is 0.239. The third kappa shape index (κ3) is 3.45. The Hall–Kier alpha value is -1.13. The number of aliphatic hydroxyl groups is 1. The fourth-order valence-corrected chi connectivity index (χ4v) is 2.76. The van der Waals surface area contributed by atoms with Crippen molar-refractivity contribution in [3.63, 3.8) is 0 Å². The summed E-state index contributed by atoms with van der Waals surface area (Å²) in [7, 11) is 0. The van der Waals surface area contributed by atoms with Crippen LogP contribution in [0.15, 0.2) is 12.3 Å². The van der Waals surface area contributed by atoms with Crippen LogP contribution in [-0.2, 0) is 6.54 Å². The number of pyridine rings is 1. The van der Waals surface area contributed by atoms with Crippen LogP contribution < -0.4 is 10.2 Å². The summed E-state index contributed by atoms with van der Waals surface area (Å²) in [6.07, 6.45) is 5.42. The van der Waals surface area contributed by atoms with Crippen molar-refractivity contribution in [2.75, 3.05) is 24.6 Å². The van der Waals surface area contributed by atoms with E-state index in [1.807, 2.05) is 6.20 Å². The van der Waals surface area contributed by atoms with Crippen LogP contribution >= 0.6 is 0 Å². The van der Waals surface area contributed by atoms with Crippen molar-refractivity contribution in [1.29, 1.82) is 0 Å². The Morgan fingerprint density at radius 3 is 3.00 bits per heavy atom. The molecule has 0 aromatic carbocycles. The Balaban J connectivity index is 2.14. The van der Waals surface area contributed by atoms with Crippen LogP contribution in [-0.4, -0.2) is 35.8 Å². The Morgan fingerprint density at radius 1 is 1.47 bits per heavy atom. The number of rotatable bonds is 5. The van der Waals surface area contributed by atoms with Gasteiger partial charge in [0.25, 0.3) is 0 Å². The molecule has 4 heteroatoms. The van der Waals surface area contributed by atoms with E-state index in [9.17, 15) is 5.11 Å². The minimum Gasteiger partial charge on any atom is -0.394 e. The van der Waals surface area contributed by atoms with E-state index in [1.54, 1.807) is 0 Å². The van der Waals surface area contributed by atoms with Crippen LogP contribution in [0.4, 0.5) is 5.82 Å². The molecule has 0 bridgehead atoms. The van der Waals surface area contributed by atoms with Gasteiger partial charge in [0, 0.05) is 19.3 Å². The third-order valence-electron chi connectivity index (χ3n) is 3.80. The zero-order valence-corrected chi connectivity index (χ0v) is 12.0. The average molecular weight is 263 g/mol. The van der Waals surface area contributed by atoms with Crippen molar-refractivity contribution in [3.05, 3.63) is 23.4 Å². The lowest BCUT2D eigenvalue weighted by atomic mass is 10.0. The van der Waals surface area contributed by atoms with Crippen molar-refractivity contribution < 1.29 is 5.11 Å². The molecule has 106 valence electrons. The summed E-state index contributed by atoms with van der Waals surface area (Å²) in [5.74, 6) is 1.04. The van der Waals surface area contributed by atoms with Gasteiger partial charge >= 0.3 is 0 Å². The summed E-state index contributed by atoms with van der Waals surface area (Å²) < 4.78 is 0. The third-order valence-corrected chi connectivity index (χ3v) is 3.80. The summed E-state index contributed by atoms with van der Waals surface area (Å²) in [6.45, 7) is 7.29. The molecule has 0 aliphatic carbocycles. The van der Waals surface area contributed by atoms with Crippen LogP contribution in [0.3, 0.4) is 0 Å². The molecule has 1 unspecified atom stereocenters. The van der Waals surface area contributed by atoms with E-state index in [-0.39, 0.29) is 12.6 Å². The van der Waals surface area contributed by atoms with Gasteiger partial charge in [-0.15, -0.1) is 0 Å². The molecule has 4 nitrogen and oxygen atoms in total. The second-order valence-electron chi connectivity index (χ2n) is 5.29.